The highest BCUT2D eigenvalue weighted by Gasteiger charge is 2.09. The van der Waals surface area contributed by atoms with Crippen LogP contribution in [-0.2, 0) is 6.54 Å². The summed E-state index contributed by atoms with van der Waals surface area (Å²) in [6.45, 7) is 0.733. The zero-order chi connectivity index (χ0) is 10.7. The summed E-state index contributed by atoms with van der Waals surface area (Å²) in [6.07, 6.45) is 6.53. The largest absolute Gasteiger partial charge is 0.309 e. The van der Waals surface area contributed by atoms with Gasteiger partial charge in [0.2, 0.25) is 0 Å². The minimum Gasteiger partial charge on any atom is -0.309 e. The fourth-order valence-electron chi connectivity index (χ4n) is 1.70. The molecule has 0 spiro atoms. The van der Waals surface area contributed by atoms with Gasteiger partial charge in [-0.2, -0.15) is 0 Å². The molecule has 0 radical (unpaired) electrons. The van der Waals surface area contributed by atoms with Gasteiger partial charge in [0.1, 0.15) is 5.82 Å². The fourth-order valence-corrected chi connectivity index (χ4v) is 1.94. The van der Waals surface area contributed by atoms with Gasteiger partial charge in [0, 0.05) is 12.6 Å². The first-order chi connectivity index (χ1) is 7.25. The topological polar surface area (TPSA) is 12.0 Å². The van der Waals surface area contributed by atoms with E-state index in [0.29, 0.717) is 10.5 Å². The number of rotatable bonds is 3. The van der Waals surface area contributed by atoms with Crippen LogP contribution in [0.2, 0.25) is 0 Å². The Morgan fingerprint density at radius 2 is 2.07 bits per heavy atom. The summed E-state index contributed by atoms with van der Waals surface area (Å²) in [5.41, 5.74) is 0.989. The van der Waals surface area contributed by atoms with Gasteiger partial charge < -0.3 is 5.32 Å². The first kappa shape index (κ1) is 10.8. The van der Waals surface area contributed by atoms with Crippen LogP contribution in [0, 0.1) is 5.82 Å². The van der Waals surface area contributed by atoms with Gasteiger partial charge in [0.05, 0.1) is 4.47 Å². The molecule has 0 amide bonds. The Morgan fingerprint density at radius 1 is 1.33 bits per heavy atom. The van der Waals surface area contributed by atoms with Crippen LogP contribution in [0.5, 0.6) is 0 Å². The lowest BCUT2D eigenvalue weighted by Gasteiger charge is -2.11. The zero-order valence-electron chi connectivity index (χ0n) is 8.34. The third-order valence-electron chi connectivity index (χ3n) is 2.59. The van der Waals surface area contributed by atoms with Crippen LogP contribution in [0.3, 0.4) is 0 Å². The van der Waals surface area contributed by atoms with E-state index in [0.717, 1.165) is 24.9 Å². The average molecular weight is 270 g/mol. The van der Waals surface area contributed by atoms with Crippen LogP contribution in [0.1, 0.15) is 18.4 Å². The van der Waals surface area contributed by atoms with Gasteiger partial charge in [0.15, 0.2) is 0 Å². The molecule has 1 nitrogen and oxygen atoms in total. The van der Waals surface area contributed by atoms with Crippen LogP contribution in [0.4, 0.5) is 4.39 Å². The van der Waals surface area contributed by atoms with Gasteiger partial charge in [0.25, 0.3) is 0 Å². The van der Waals surface area contributed by atoms with Crippen LogP contribution in [0.15, 0.2) is 34.8 Å². The Hall–Kier alpha value is -0.670. The van der Waals surface area contributed by atoms with Gasteiger partial charge in [-0.05, 0) is 46.5 Å². The molecule has 0 aromatic heterocycles. The highest BCUT2D eigenvalue weighted by molar-refractivity contribution is 9.10. The molecule has 1 N–H and O–H groups in total. The SMILES string of the molecule is Fc1cc(CNC2CC=CC2)ccc1Br. The summed E-state index contributed by atoms with van der Waals surface area (Å²) < 4.78 is 13.7. The molecular formula is C12H13BrFN. The van der Waals surface area contributed by atoms with E-state index in [1.54, 1.807) is 12.1 Å². The average Bonchev–Trinajstić information content (AvgIpc) is 2.73. The Labute approximate surface area is 97.5 Å². The van der Waals surface area contributed by atoms with Crippen molar-refractivity contribution in [1.29, 1.82) is 0 Å². The van der Waals surface area contributed by atoms with Crippen molar-refractivity contribution in [3.63, 3.8) is 0 Å². The summed E-state index contributed by atoms with van der Waals surface area (Å²) in [4.78, 5) is 0. The Bertz CT molecular complexity index is 368. The van der Waals surface area contributed by atoms with E-state index in [-0.39, 0.29) is 5.82 Å². The van der Waals surface area contributed by atoms with Crippen molar-refractivity contribution in [1.82, 2.24) is 5.32 Å². The van der Waals surface area contributed by atoms with E-state index >= 15 is 0 Å². The van der Waals surface area contributed by atoms with Crippen molar-refractivity contribution in [3.05, 3.63) is 46.2 Å². The highest BCUT2D eigenvalue weighted by Crippen LogP contribution is 2.17. The van der Waals surface area contributed by atoms with Crippen LogP contribution in [-0.4, -0.2) is 6.04 Å². The maximum Gasteiger partial charge on any atom is 0.137 e. The summed E-state index contributed by atoms with van der Waals surface area (Å²) in [5.74, 6) is -0.196. The first-order valence-electron chi connectivity index (χ1n) is 5.08. The minimum atomic E-state index is -0.196. The van der Waals surface area contributed by atoms with E-state index in [1.807, 2.05) is 6.07 Å². The second kappa shape index (κ2) is 4.90. The second-order valence-corrected chi connectivity index (χ2v) is 4.62. The predicted octanol–water partition coefficient (Wildman–Crippen LogP) is 3.40. The molecule has 0 unspecified atom stereocenters. The smallest absolute Gasteiger partial charge is 0.137 e. The van der Waals surface area contributed by atoms with Gasteiger partial charge in [-0.1, -0.05) is 18.2 Å². The monoisotopic (exact) mass is 269 g/mol. The van der Waals surface area contributed by atoms with Crippen molar-refractivity contribution in [2.24, 2.45) is 0 Å². The Kier molecular flexibility index (Phi) is 3.54. The lowest BCUT2D eigenvalue weighted by molar-refractivity contribution is 0.535. The first-order valence-corrected chi connectivity index (χ1v) is 5.87. The minimum absolute atomic E-state index is 0.196. The molecule has 2 rings (SSSR count). The lowest BCUT2D eigenvalue weighted by Crippen LogP contribution is -2.25. The molecule has 3 heteroatoms. The molecule has 15 heavy (non-hydrogen) atoms. The lowest BCUT2D eigenvalue weighted by atomic mass is 10.2. The quantitative estimate of drug-likeness (QED) is 0.830. The van der Waals surface area contributed by atoms with Gasteiger partial charge in [-0.3, -0.25) is 0 Å². The number of halogens is 2. The van der Waals surface area contributed by atoms with E-state index in [9.17, 15) is 4.39 Å². The third-order valence-corrected chi connectivity index (χ3v) is 3.23. The molecule has 0 bridgehead atoms. The number of benzene rings is 1. The molecule has 0 atom stereocenters. The predicted molar refractivity (Wildman–Crippen MR) is 63.1 cm³/mol. The maximum atomic E-state index is 13.2. The van der Waals surface area contributed by atoms with Gasteiger partial charge in [-0.25, -0.2) is 4.39 Å². The highest BCUT2D eigenvalue weighted by atomic mass is 79.9. The van der Waals surface area contributed by atoms with Crippen molar-refractivity contribution < 1.29 is 4.39 Å². The molecule has 0 saturated carbocycles. The molecule has 1 aromatic carbocycles. The van der Waals surface area contributed by atoms with Crippen molar-refractivity contribution in [2.75, 3.05) is 0 Å². The molecule has 80 valence electrons. The molecule has 0 saturated heterocycles. The Morgan fingerprint density at radius 3 is 2.73 bits per heavy atom. The molecular weight excluding hydrogens is 257 g/mol. The molecule has 0 fully saturated rings. The third kappa shape index (κ3) is 2.89. The fraction of sp³-hybridized carbons (Fsp3) is 0.333. The number of hydrogen-bond donors (Lipinski definition) is 1. The van der Waals surface area contributed by atoms with Crippen molar-refractivity contribution in [2.45, 2.75) is 25.4 Å². The normalized spacial score (nSPS) is 16.1. The van der Waals surface area contributed by atoms with Crippen LogP contribution >= 0.6 is 15.9 Å². The zero-order valence-corrected chi connectivity index (χ0v) is 9.93. The summed E-state index contributed by atoms with van der Waals surface area (Å²) >= 11 is 3.14. The standard InChI is InChI=1S/C12H13BrFN/c13-11-6-5-9(7-12(11)14)8-15-10-3-1-2-4-10/h1-2,5-7,10,15H,3-4,8H2. The molecule has 1 aliphatic carbocycles. The van der Waals surface area contributed by atoms with Crippen molar-refractivity contribution in [3.8, 4) is 0 Å². The van der Waals surface area contributed by atoms with E-state index in [4.69, 9.17) is 0 Å². The molecule has 0 heterocycles. The Balaban J connectivity index is 1.90. The van der Waals surface area contributed by atoms with E-state index < -0.39 is 0 Å². The number of nitrogens with one attached hydrogen (secondary N) is 1. The van der Waals surface area contributed by atoms with E-state index in [1.165, 1.54) is 0 Å². The maximum absolute atomic E-state index is 13.2. The van der Waals surface area contributed by atoms with Crippen LogP contribution < -0.4 is 5.32 Å². The summed E-state index contributed by atoms with van der Waals surface area (Å²) in [7, 11) is 0. The summed E-state index contributed by atoms with van der Waals surface area (Å²) in [5, 5.41) is 3.40. The van der Waals surface area contributed by atoms with Crippen molar-refractivity contribution >= 4 is 15.9 Å². The molecule has 1 aliphatic rings. The number of hydrogen-bond acceptors (Lipinski definition) is 1. The van der Waals surface area contributed by atoms with E-state index in [2.05, 4.69) is 33.4 Å². The second-order valence-electron chi connectivity index (χ2n) is 3.77. The van der Waals surface area contributed by atoms with Gasteiger partial charge >= 0.3 is 0 Å². The molecule has 0 aliphatic heterocycles. The van der Waals surface area contributed by atoms with Crippen LogP contribution in [0.25, 0.3) is 0 Å². The summed E-state index contributed by atoms with van der Waals surface area (Å²) in [6, 6.07) is 5.78. The molecule has 1 aromatic rings. The van der Waals surface area contributed by atoms with Gasteiger partial charge in [-0.15, -0.1) is 0 Å².